The summed E-state index contributed by atoms with van der Waals surface area (Å²) in [6.45, 7) is 0. The third-order valence-electron chi connectivity index (χ3n) is 3.82. The van der Waals surface area contributed by atoms with Gasteiger partial charge in [0.15, 0.2) is 0 Å². The van der Waals surface area contributed by atoms with Gasteiger partial charge in [0, 0.05) is 28.1 Å². The average molecular weight is 303 g/mol. The number of terminal acetylenes is 1. The Morgan fingerprint density at radius 2 is 1.91 bits per heavy atom. The lowest BCUT2D eigenvalue weighted by Gasteiger charge is -2.04. The van der Waals surface area contributed by atoms with Crippen molar-refractivity contribution in [3.8, 4) is 23.6 Å². The number of nitrogens with zero attached hydrogens (tertiary/aromatic N) is 1. The molecule has 0 radical (unpaired) electrons. The minimum atomic E-state index is 0.656. The van der Waals surface area contributed by atoms with Gasteiger partial charge in [-0.1, -0.05) is 47.9 Å². The molecule has 104 valence electrons. The third-order valence-corrected chi connectivity index (χ3v) is 4.12. The lowest BCUT2D eigenvalue weighted by Crippen LogP contribution is -1.85. The maximum absolute atomic E-state index is 6.26. The van der Waals surface area contributed by atoms with Crippen molar-refractivity contribution in [3.63, 3.8) is 0 Å². The van der Waals surface area contributed by atoms with Crippen molar-refractivity contribution in [3.05, 3.63) is 65.3 Å². The summed E-state index contributed by atoms with van der Waals surface area (Å²) in [5, 5.41) is 2.75. The zero-order valence-corrected chi connectivity index (χ0v) is 12.4. The van der Waals surface area contributed by atoms with Crippen LogP contribution < -0.4 is 0 Å². The number of para-hydroxylation sites is 2. The summed E-state index contributed by atoms with van der Waals surface area (Å²) in [7, 11) is 0. The molecule has 0 aliphatic carbocycles. The Bertz CT molecular complexity index is 1050. The minimum Gasteiger partial charge on any atom is -0.359 e. The second-order valence-corrected chi connectivity index (χ2v) is 5.49. The maximum Gasteiger partial charge on any atom is 0.0895 e. The standard InChI is InChI=1S/C19H11ClN2/c1-2-12-5-3-7-14-15(11-21-18(12)14)17-10-9-13-6-4-8-16(20)19(13)22-17/h1,3-11,21H. The first-order valence-corrected chi connectivity index (χ1v) is 7.28. The highest BCUT2D eigenvalue weighted by Gasteiger charge is 2.10. The topological polar surface area (TPSA) is 28.7 Å². The number of benzene rings is 2. The molecule has 0 saturated carbocycles. The van der Waals surface area contributed by atoms with Crippen LogP contribution in [0.15, 0.2) is 54.7 Å². The van der Waals surface area contributed by atoms with Crippen molar-refractivity contribution >= 4 is 33.4 Å². The number of rotatable bonds is 1. The van der Waals surface area contributed by atoms with Crippen LogP contribution in [0.1, 0.15) is 5.56 Å². The molecule has 0 bridgehead atoms. The van der Waals surface area contributed by atoms with Gasteiger partial charge in [-0.2, -0.15) is 0 Å². The van der Waals surface area contributed by atoms with E-state index in [0.717, 1.165) is 38.6 Å². The van der Waals surface area contributed by atoms with E-state index in [2.05, 4.69) is 10.9 Å². The molecule has 2 nitrogen and oxygen atoms in total. The number of hydrogen-bond acceptors (Lipinski definition) is 1. The Labute approximate surface area is 132 Å². The molecule has 0 spiro atoms. The number of aromatic amines is 1. The number of aromatic nitrogens is 2. The van der Waals surface area contributed by atoms with E-state index in [1.807, 2.05) is 54.7 Å². The van der Waals surface area contributed by atoms with Gasteiger partial charge >= 0.3 is 0 Å². The average Bonchev–Trinajstić information content (AvgIpc) is 2.99. The van der Waals surface area contributed by atoms with Crippen LogP contribution in [-0.2, 0) is 0 Å². The molecule has 0 aliphatic heterocycles. The lowest BCUT2D eigenvalue weighted by molar-refractivity contribution is 1.39. The van der Waals surface area contributed by atoms with Crippen LogP contribution in [0.25, 0.3) is 33.1 Å². The van der Waals surface area contributed by atoms with E-state index in [1.165, 1.54) is 0 Å². The van der Waals surface area contributed by atoms with E-state index in [0.29, 0.717) is 5.02 Å². The van der Waals surface area contributed by atoms with E-state index < -0.39 is 0 Å². The number of fused-ring (bicyclic) bond motifs is 2. The van der Waals surface area contributed by atoms with Gasteiger partial charge in [-0.25, -0.2) is 4.98 Å². The van der Waals surface area contributed by atoms with Crippen LogP contribution in [0.4, 0.5) is 0 Å². The molecule has 0 unspecified atom stereocenters. The highest BCUT2D eigenvalue weighted by Crippen LogP contribution is 2.31. The van der Waals surface area contributed by atoms with Crippen molar-refractivity contribution in [1.82, 2.24) is 9.97 Å². The Morgan fingerprint density at radius 1 is 1.05 bits per heavy atom. The smallest absolute Gasteiger partial charge is 0.0895 e. The van der Waals surface area contributed by atoms with Gasteiger partial charge in [-0.15, -0.1) is 6.42 Å². The van der Waals surface area contributed by atoms with Crippen LogP contribution in [-0.4, -0.2) is 9.97 Å². The fourth-order valence-electron chi connectivity index (χ4n) is 2.75. The predicted octanol–water partition coefficient (Wildman–Crippen LogP) is 5.02. The van der Waals surface area contributed by atoms with Gasteiger partial charge in [-0.3, -0.25) is 0 Å². The molecule has 1 N–H and O–H groups in total. The van der Waals surface area contributed by atoms with Gasteiger partial charge in [0.2, 0.25) is 0 Å². The Hall–Kier alpha value is -2.76. The molecule has 0 aliphatic rings. The second-order valence-electron chi connectivity index (χ2n) is 5.08. The van der Waals surface area contributed by atoms with E-state index in [4.69, 9.17) is 23.0 Å². The summed E-state index contributed by atoms with van der Waals surface area (Å²) in [5.41, 5.74) is 4.52. The summed E-state index contributed by atoms with van der Waals surface area (Å²) in [4.78, 5) is 7.97. The van der Waals surface area contributed by atoms with Gasteiger partial charge in [0.25, 0.3) is 0 Å². The number of pyridine rings is 1. The molecular formula is C19H11ClN2. The summed E-state index contributed by atoms with van der Waals surface area (Å²) in [5.74, 6) is 2.70. The normalized spacial score (nSPS) is 10.9. The molecule has 3 heteroatoms. The summed E-state index contributed by atoms with van der Waals surface area (Å²) in [6.07, 6.45) is 7.50. The largest absolute Gasteiger partial charge is 0.359 e. The Morgan fingerprint density at radius 3 is 2.77 bits per heavy atom. The zero-order chi connectivity index (χ0) is 15.1. The van der Waals surface area contributed by atoms with E-state index in [9.17, 15) is 0 Å². The second kappa shape index (κ2) is 4.91. The Kier molecular flexibility index (Phi) is 2.89. The molecule has 0 fully saturated rings. The molecule has 0 saturated heterocycles. The zero-order valence-electron chi connectivity index (χ0n) is 11.6. The van der Waals surface area contributed by atoms with Gasteiger partial charge < -0.3 is 4.98 Å². The third kappa shape index (κ3) is 1.88. The summed E-state index contributed by atoms with van der Waals surface area (Å²) in [6, 6.07) is 15.8. The molecule has 2 aromatic carbocycles. The number of H-pyrrole nitrogens is 1. The molecule has 0 amide bonds. The van der Waals surface area contributed by atoms with Crippen LogP contribution >= 0.6 is 11.6 Å². The van der Waals surface area contributed by atoms with E-state index in [1.54, 1.807) is 0 Å². The summed E-state index contributed by atoms with van der Waals surface area (Å²) >= 11 is 6.26. The fourth-order valence-corrected chi connectivity index (χ4v) is 2.97. The molecule has 2 heterocycles. The van der Waals surface area contributed by atoms with Crippen LogP contribution in [0.5, 0.6) is 0 Å². The molecule has 4 rings (SSSR count). The quantitative estimate of drug-likeness (QED) is 0.491. The fraction of sp³-hybridized carbons (Fsp3) is 0. The molecule has 0 atom stereocenters. The van der Waals surface area contributed by atoms with Crippen molar-refractivity contribution in [2.75, 3.05) is 0 Å². The number of halogens is 1. The first kappa shape index (κ1) is 12.9. The van der Waals surface area contributed by atoms with Gasteiger partial charge in [-0.05, 0) is 18.2 Å². The minimum absolute atomic E-state index is 0.656. The van der Waals surface area contributed by atoms with Crippen LogP contribution in [0, 0.1) is 12.3 Å². The highest BCUT2D eigenvalue weighted by atomic mass is 35.5. The lowest BCUT2D eigenvalue weighted by atomic mass is 10.1. The molecule has 22 heavy (non-hydrogen) atoms. The SMILES string of the molecule is C#Cc1cccc2c(-c3ccc4cccc(Cl)c4n3)c[nH]c12. The number of nitrogens with one attached hydrogen (secondary N) is 1. The number of hydrogen-bond donors (Lipinski definition) is 1. The van der Waals surface area contributed by atoms with E-state index >= 15 is 0 Å². The van der Waals surface area contributed by atoms with Crippen molar-refractivity contribution in [1.29, 1.82) is 0 Å². The molecular weight excluding hydrogens is 292 g/mol. The van der Waals surface area contributed by atoms with Gasteiger partial charge in [0.1, 0.15) is 0 Å². The monoisotopic (exact) mass is 302 g/mol. The highest BCUT2D eigenvalue weighted by molar-refractivity contribution is 6.35. The first-order valence-electron chi connectivity index (χ1n) is 6.90. The van der Waals surface area contributed by atoms with Crippen molar-refractivity contribution < 1.29 is 0 Å². The Balaban J connectivity index is 2.00. The van der Waals surface area contributed by atoms with Crippen molar-refractivity contribution in [2.24, 2.45) is 0 Å². The van der Waals surface area contributed by atoms with E-state index in [-0.39, 0.29) is 0 Å². The van der Waals surface area contributed by atoms with Gasteiger partial charge in [0.05, 0.1) is 21.7 Å². The first-order chi connectivity index (χ1) is 10.8. The van der Waals surface area contributed by atoms with Crippen LogP contribution in [0.2, 0.25) is 5.02 Å². The summed E-state index contributed by atoms with van der Waals surface area (Å²) < 4.78 is 0. The molecule has 4 aromatic rings. The maximum atomic E-state index is 6.26. The molecule has 2 aromatic heterocycles. The van der Waals surface area contributed by atoms with Crippen molar-refractivity contribution in [2.45, 2.75) is 0 Å². The predicted molar refractivity (Wildman–Crippen MR) is 92.0 cm³/mol. The van der Waals surface area contributed by atoms with Crippen LogP contribution in [0.3, 0.4) is 0 Å².